The van der Waals surface area contributed by atoms with Crippen molar-refractivity contribution in [2.75, 3.05) is 0 Å². The third kappa shape index (κ3) is 3.36. The van der Waals surface area contributed by atoms with E-state index in [2.05, 4.69) is 54.6 Å². The average molecular weight is 543 g/mol. The van der Waals surface area contributed by atoms with Crippen LogP contribution in [-0.4, -0.2) is 0 Å². The molecule has 1 heterocycles. The van der Waals surface area contributed by atoms with Crippen LogP contribution < -0.4 is 0 Å². The third-order valence-electron chi connectivity index (χ3n) is 14.5. The van der Waals surface area contributed by atoms with Crippen LogP contribution in [0, 0.1) is 59.2 Å². The van der Waals surface area contributed by atoms with Gasteiger partial charge in [0, 0.05) is 16.2 Å². The molecular weight excluding hydrogens is 496 g/mol. The second kappa shape index (κ2) is 9.11. The number of rotatable bonds is 1. The monoisotopic (exact) mass is 542 g/mol. The Labute approximate surface area is 245 Å². The van der Waals surface area contributed by atoms with Crippen molar-refractivity contribution in [1.82, 2.24) is 0 Å². The van der Waals surface area contributed by atoms with Gasteiger partial charge in [0.05, 0.1) is 0 Å². The SMILES string of the molecule is c1ccc2c(c1)ccc1c3cccc(C4CCC5C(C4)C4CCCC6C7CCCCC7C7CCCC5C7C64)c3oc21. The molecule has 6 aliphatic rings. The minimum absolute atomic E-state index is 0.661. The molecule has 0 amide bonds. The predicted molar refractivity (Wildman–Crippen MR) is 169 cm³/mol. The van der Waals surface area contributed by atoms with E-state index in [1.807, 2.05) is 0 Å². The van der Waals surface area contributed by atoms with Gasteiger partial charge in [0.15, 0.2) is 0 Å². The lowest BCUT2D eigenvalue weighted by Crippen LogP contribution is -2.61. The lowest BCUT2D eigenvalue weighted by atomic mass is 9.37. The summed E-state index contributed by atoms with van der Waals surface area (Å²) in [6.07, 6.45) is 19.8. The molecule has 6 aliphatic carbocycles. The van der Waals surface area contributed by atoms with Gasteiger partial charge < -0.3 is 4.42 Å². The first kappa shape index (κ1) is 24.2. The Bertz CT molecular complexity index is 1630. The average Bonchev–Trinajstić information content (AvgIpc) is 3.44. The zero-order chi connectivity index (χ0) is 26.7. The van der Waals surface area contributed by atoms with Gasteiger partial charge in [-0.05, 0) is 140 Å². The van der Waals surface area contributed by atoms with E-state index < -0.39 is 0 Å². The van der Waals surface area contributed by atoms with Gasteiger partial charge in [-0.15, -0.1) is 0 Å². The summed E-state index contributed by atoms with van der Waals surface area (Å²) < 4.78 is 6.88. The van der Waals surface area contributed by atoms with Gasteiger partial charge in [0.1, 0.15) is 11.2 Å². The van der Waals surface area contributed by atoms with Gasteiger partial charge >= 0.3 is 0 Å². The van der Waals surface area contributed by atoms with Crippen molar-refractivity contribution in [3.8, 4) is 0 Å². The van der Waals surface area contributed by atoms with E-state index in [4.69, 9.17) is 4.42 Å². The number of furan rings is 1. The molecule has 11 unspecified atom stereocenters. The summed E-state index contributed by atoms with van der Waals surface area (Å²) >= 11 is 0. The summed E-state index contributed by atoms with van der Waals surface area (Å²) in [5.41, 5.74) is 3.80. The second-order valence-corrected chi connectivity index (χ2v) is 15.6. The Kier molecular flexibility index (Phi) is 5.38. The van der Waals surface area contributed by atoms with Gasteiger partial charge in [-0.3, -0.25) is 0 Å². The van der Waals surface area contributed by atoms with E-state index in [1.165, 1.54) is 77.6 Å². The number of hydrogen-bond acceptors (Lipinski definition) is 1. The van der Waals surface area contributed by atoms with Gasteiger partial charge in [-0.1, -0.05) is 74.2 Å². The predicted octanol–water partition coefficient (Wildman–Crippen LogP) is 11.1. The fourth-order valence-corrected chi connectivity index (χ4v) is 13.4. The Balaban J connectivity index is 1.05. The fraction of sp³-hybridized carbons (Fsp3) is 0.600. The van der Waals surface area contributed by atoms with Crippen LogP contribution in [0.25, 0.3) is 32.7 Å². The molecule has 3 aromatic carbocycles. The Morgan fingerprint density at radius 2 is 1.05 bits per heavy atom. The summed E-state index contributed by atoms with van der Waals surface area (Å²) in [5.74, 6) is 11.2. The first-order valence-electron chi connectivity index (χ1n) is 17.7. The molecule has 10 rings (SSSR count). The van der Waals surface area contributed by atoms with Crippen LogP contribution in [0.2, 0.25) is 0 Å². The molecule has 41 heavy (non-hydrogen) atoms. The Morgan fingerprint density at radius 3 is 1.80 bits per heavy atom. The van der Waals surface area contributed by atoms with Crippen molar-refractivity contribution in [3.63, 3.8) is 0 Å². The Morgan fingerprint density at radius 1 is 0.439 bits per heavy atom. The Hall–Kier alpha value is -2.28. The highest BCUT2D eigenvalue weighted by atomic mass is 16.3. The summed E-state index contributed by atoms with van der Waals surface area (Å²) in [4.78, 5) is 0. The van der Waals surface area contributed by atoms with E-state index >= 15 is 0 Å². The normalized spacial score (nSPS) is 41.6. The highest BCUT2D eigenvalue weighted by Crippen LogP contribution is 2.69. The lowest BCUT2D eigenvalue weighted by Gasteiger charge is -2.67. The van der Waals surface area contributed by atoms with Crippen molar-refractivity contribution >= 4 is 32.7 Å². The van der Waals surface area contributed by atoms with E-state index in [9.17, 15) is 0 Å². The van der Waals surface area contributed by atoms with E-state index in [-0.39, 0.29) is 0 Å². The maximum atomic E-state index is 6.88. The minimum atomic E-state index is 0.661. The van der Waals surface area contributed by atoms with Crippen LogP contribution in [-0.2, 0) is 0 Å². The highest BCUT2D eigenvalue weighted by molar-refractivity contribution is 6.15. The van der Waals surface area contributed by atoms with E-state index in [1.54, 1.807) is 38.5 Å². The number of benzene rings is 3. The van der Waals surface area contributed by atoms with Crippen molar-refractivity contribution in [3.05, 3.63) is 60.2 Å². The molecule has 1 heteroatoms. The molecule has 212 valence electrons. The summed E-state index contributed by atoms with van der Waals surface area (Å²) in [5, 5.41) is 5.16. The smallest absolute Gasteiger partial charge is 0.143 e. The van der Waals surface area contributed by atoms with Crippen LogP contribution in [0.4, 0.5) is 0 Å². The molecule has 11 atom stereocenters. The molecule has 0 N–H and O–H groups in total. The van der Waals surface area contributed by atoms with Crippen LogP contribution in [0.5, 0.6) is 0 Å². The maximum absolute atomic E-state index is 6.88. The van der Waals surface area contributed by atoms with Crippen molar-refractivity contribution < 1.29 is 4.42 Å². The van der Waals surface area contributed by atoms with Crippen molar-refractivity contribution in [2.24, 2.45) is 59.2 Å². The first-order valence-corrected chi connectivity index (χ1v) is 17.7. The van der Waals surface area contributed by atoms with Crippen LogP contribution in [0.15, 0.2) is 59.0 Å². The van der Waals surface area contributed by atoms with Crippen molar-refractivity contribution in [1.29, 1.82) is 0 Å². The molecule has 0 aliphatic heterocycles. The van der Waals surface area contributed by atoms with Crippen LogP contribution >= 0.6 is 0 Å². The first-order chi connectivity index (χ1) is 20.3. The van der Waals surface area contributed by atoms with Crippen molar-refractivity contribution in [2.45, 2.75) is 89.4 Å². The lowest BCUT2D eigenvalue weighted by molar-refractivity contribution is -0.188. The van der Waals surface area contributed by atoms with Crippen LogP contribution in [0.1, 0.15) is 95.0 Å². The largest absolute Gasteiger partial charge is 0.455 e. The number of hydrogen-bond donors (Lipinski definition) is 0. The summed E-state index contributed by atoms with van der Waals surface area (Å²) in [6, 6.07) is 20.4. The van der Waals surface area contributed by atoms with Gasteiger partial charge in [0.2, 0.25) is 0 Å². The quantitative estimate of drug-likeness (QED) is 0.233. The third-order valence-corrected chi connectivity index (χ3v) is 14.5. The molecule has 6 saturated carbocycles. The van der Waals surface area contributed by atoms with E-state index in [0.717, 1.165) is 64.8 Å². The molecule has 6 fully saturated rings. The second-order valence-electron chi connectivity index (χ2n) is 15.6. The molecule has 0 spiro atoms. The molecule has 1 aromatic heterocycles. The molecule has 0 bridgehead atoms. The minimum Gasteiger partial charge on any atom is -0.455 e. The van der Waals surface area contributed by atoms with Gasteiger partial charge in [-0.2, -0.15) is 0 Å². The molecule has 1 nitrogen and oxygen atoms in total. The maximum Gasteiger partial charge on any atom is 0.143 e. The fourth-order valence-electron chi connectivity index (χ4n) is 13.4. The summed E-state index contributed by atoms with van der Waals surface area (Å²) in [7, 11) is 0. The highest BCUT2D eigenvalue weighted by Gasteiger charge is 2.62. The van der Waals surface area contributed by atoms with E-state index in [0.29, 0.717) is 5.92 Å². The molecule has 4 aromatic rings. The number of para-hydroxylation sites is 1. The van der Waals surface area contributed by atoms with Gasteiger partial charge in [-0.25, -0.2) is 0 Å². The molecule has 0 radical (unpaired) electrons. The molecule has 0 saturated heterocycles. The molecular formula is C40H46O. The number of fused-ring (bicyclic) bond motifs is 11. The standard InChI is InChI=1S/C40H46O/c1-2-9-25-23(8-1)18-21-35-34-17-5-12-26(40(34)41-39(25)35)24-19-20-29-32-15-6-13-30-27-10-3-4-11-28(27)31-14-7-16-33(36(29)22-24)38(31)37(30)32/h1-2,5,8-9,12,17-18,21,24,27-33,36-38H,3-4,6-7,10-11,13-16,19-20,22H2. The van der Waals surface area contributed by atoms with Crippen LogP contribution in [0.3, 0.4) is 0 Å². The zero-order valence-corrected chi connectivity index (χ0v) is 24.6. The van der Waals surface area contributed by atoms with Gasteiger partial charge in [0.25, 0.3) is 0 Å². The summed E-state index contributed by atoms with van der Waals surface area (Å²) in [6.45, 7) is 0. The zero-order valence-electron chi connectivity index (χ0n) is 24.6. The topological polar surface area (TPSA) is 13.1 Å².